The average Bonchev–Trinajstić information content (AvgIpc) is 3.29. The van der Waals surface area contributed by atoms with Crippen LogP contribution in [0.5, 0.6) is 0 Å². The Morgan fingerprint density at radius 1 is 1.04 bits per heavy atom. The normalized spacial score (nSPS) is 34.3. The van der Waals surface area contributed by atoms with E-state index in [0.29, 0.717) is 19.3 Å². The van der Waals surface area contributed by atoms with E-state index in [1.807, 2.05) is 37.3 Å². The van der Waals surface area contributed by atoms with Crippen LogP contribution < -0.4 is 5.32 Å². The van der Waals surface area contributed by atoms with E-state index in [0.717, 1.165) is 24.0 Å². The summed E-state index contributed by atoms with van der Waals surface area (Å²) in [7, 11) is 1.23. The minimum absolute atomic E-state index is 0.00823. The smallest absolute Gasteiger partial charge is 0.328 e. The standard InChI is InChI=1S/C35H45NO9/c1-33-15-13-23(37)18-22(33)9-10-24-25-14-16-35(43,34(25,2)19-27(38)31(24)33)28(39)20-45-30(41)12-11-29(40)36-26(32(42)44-3)17-21-7-5-4-6-8-21/h4-8,18,24-27,31,38,43H,9-17,19-20H2,1-3H3,(H,36,40)/t24-,25+,26-,27+,31+,33-,34-,35-/m0/s1. The highest BCUT2D eigenvalue weighted by Crippen LogP contribution is 2.67. The number of amides is 1. The molecule has 10 heteroatoms. The lowest BCUT2D eigenvalue weighted by Gasteiger charge is -2.60. The fraction of sp³-hybridized carbons (Fsp3) is 0.629. The van der Waals surface area contributed by atoms with Gasteiger partial charge in [-0.15, -0.1) is 0 Å². The minimum atomic E-state index is -1.76. The first-order chi connectivity index (χ1) is 21.3. The van der Waals surface area contributed by atoms with Gasteiger partial charge in [0.25, 0.3) is 0 Å². The van der Waals surface area contributed by atoms with Crippen molar-refractivity contribution in [1.82, 2.24) is 5.32 Å². The number of nitrogens with one attached hydrogen (secondary N) is 1. The van der Waals surface area contributed by atoms with Crippen LogP contribution in [-0.4, -0.2) is 71.1 Å². The van der Waals surface area contributed by atoms with Gasteiger partial charge in [0.1, 0.15) is 11.6 Å². The quantitative estimate of drug-likeness (QED) is 0.334. The van der Waals surface area contributed by atoms with Crippen LogP contribution in [-0.2, 0) is 39.9 Å². The predicted octanol–water partition coefficient (Wildman–Crippen LogP) is 3.01. The van der Waals surface area contributed by atoms with Crippen molar-refractivity contribution in [2.75, 3.05) is 13.7 Å². The van der Waals surface area contributed by atoms with Crippen molar-refractivity contribution < 1.29 is 43.7 Å². The second kappa shape index (κ2) is 12.8. The number of hydrogen-bond acceptors (Lipinski definition) is 9. The van der Waals surface area contributed by atoms with Crippen molar-refractivity contribution >= 4 is 29.4 Å². The molecule has 4 aliphatic rings. The van der Waals surface area contributed by atoms with Crippen LogP contribution in [0.3, 0.4) is 0 Å². The van der Waals surface area contributed by atoms with Crippen molar-refractivity contribution in [3.05, 3.63) is 47.5 Å². The van der Waals surface area contributed by atoms with Crippen molar-refractivity contribution in [2.45, 2.75) is 95.8 Å². The lowest BCUT2D eigenvalue weighted by molar-refractivity contribution is -0.184. The number of ketones is 2. The number of ether oxygens (including phenoxy) is 2. The molecular formula is C35H45NO9. The highest BCUT2D eigenvalue weighted by atomic mass is 16.5. The van der Waals surface area contributed by atoms with Crippen LogP contribution in [0.1, 0.15) is 77.2 Å². The van der Waals surface area contributed by atoms with Crippen molar-refractivity contribution in [1.29, 1.82) is 0 Å². The zero-order chi connectivity index (χ0) is 32.6. The first-order valence-electron chi connectivity index (χ1n) is 16.1. The van der Waals surface area contributed by atoms with E-state index in [2.05, 4.69) is 12.2 Å². The molecule has 0 unspecified atom stereocenters. The Balaban J connectivity index is 1.16. The number of benzene rings is 1. The zero-order valence-electron chi connectivity index (χ0n) is 26.4. The maximum Gasteiger partial charge on any atom is 0.328 e. The van der Waals surface area contributed by atoms with Gasteiger partial charge in [-0.05, 0) is 73.3 Å². The third-order valence-corrected chi connectivity index (χ3v) is 11.5. The lowest BCUT2D eigenvalue weighted by Crippen LogP contribution is -2.62. The Kier molecular flexibility index (Phi) is 9.38. The van der Waals surface area contributed by atoms with Crippen molar-refractivity contribution in [2.24, 2.45) is 28.6 Å². The Labute approximate surface area is 263 Å². The summed E-state index contributed by atoms with van der Waals surface area (Å²) in [5.41, 5.74) is -0.975. The van der Waals surface area contributed by atoms with Gasteiger partial charge in [-0.3, -0.25) is 19.2 Å². The van der Waals surface area contributed by atoms with Gasteiger partial charge in [0.05, 0.1) is 19.6 Å². The number of aliphatic hydroxyl groups excluding tert-OH is 1. The molecular weight excluding hydrogens is 578 g/mol. The van der Waals surface area contributed by atoms with Gasteiger partial charge < -0.3 is 25.0 Å². The van der Waals surface area contributed by atoms with E-state index < -0.39 is 53.4 Å². The summed E-state index contributed by atoms with van der Waals surface area (Å²) in [6.07, 6.45) is 4.51. The monoisotopic (exact) mass is 623 g/mol. The highest BCUT2D eigenvalue weighted by molar-refractivity contribution is 5.92. The molecule has 0 spiro atoms. The van der Waals surface area contributed by atoms with Crippen molar-refractivity contribution in [3.63, 3.8) is 0 Å². The molecule has 1 aromatic carbocycles. The molecule has 0 aromatic heterocycles. The number of methoxy groups -OCH3 is 1. The van der Waals surface area contributed by atoms with Crippen LogP contribution in [0.15, 0.2) is 42.0 Å². The van der Waals surface area contributed by atoms with E-state index in [-0.39, 0.29) is 61.1 Å². The van der Waals surface area contributed by atoms with Gasteiger partial charge in [-0.25, -0.2) is 4.79 Å². The van der Waals surface area contributed by atoms with Crippen LogP contribution in [0.25, 0.3) is 0 Å². The third-order valence-electron chi connectivity index (χ3n) is 11.5. The molecule has 10 nitrogen and oxygen atoms in total. The number of carbonyl (C=O) groups is 5. The van der Waals surface area contributed by atoms with E-state index in [1.165, 1.54) is 7.11 Å². The molecule has 1 aromatic rings. The first-order valence-corrected chi connectivity index (χ1v) is 16.1. The molecule has 0 aliphatic heterocycles. The summed E-state index contributed by atoms with van der Waals surface area (Å²) in [4.78, 5) is 63.0. The van der Waals surface area contributed by atoms with Gasteiger partial charge in [-0.1, -0.05) is 49.8 Å². The topological polar surface area (TPSA) is 156 Å². The maximum absolute atomic E-state index is 13.5. The van der Waals surface area contributed by atoms with Gasteiger partial charge in [0.15, 0.2) is 12.4 Å². The van der Waals surface area contributed by atoms with E-state index >= 15 is 0 Å². The Morgan fingerprint density at radius 3 is 2.49 bits per heavy atom. The minimum Gasteiger partial charge on any atom is -0.467 e. The third kappa shape index (κ3) is 6.11. The molecule has 1 amide bonds. The molecule has 3 saturated carbocycles. The molecule has 3 N–H and O–H groups in total. The second-order valence-corrected chi connectivity index (χ2v) is 13.9. The summed E-state index contributed by atoms with van der Waals surface area (Å²) < 4.78 is 10.0. The summed E-state index contributed by atoms with van der Waals surface area (Å²) in [6, 6.07) is 8.21. The molecule has 5 rings (SSSR count). The zero-order valence-corrected chi connectivity index (χ0v) is 26.4. The molecule has 4 aliphatic carbocycles. The van der Waals surface area contributed by atoms with E-state index in [1.54, 1.807) is 6.08 Å². The first kappa shape index (κ1) is 33.0. The van der Waals surface area contributed by atoms with E-state index in [9.17, 15) is 34.2 Å². The second-order valence-electron chi connectivity index (χ2n) is 13.9. The predicted molar refractivity (Wildman–Crippen MR) is 162 cm³/mol. The summed E-state index contributed by atoms with van der Waals surface area (Å²) in [6.45, 7) is 3.40. The van der Waals surface area contributed by atoms with E-state index in [4.69, 9.17) is 9.47 Å². The van der Waals surface area contributed by atoms with Gasteiger partial charge in [-0.2, -0.15) is 0 Å². The molecule has 0 saturated heterocycles. The number of esters is 2. The fourth-order valence-electron chi connectivity index (χ4n) is 9.16. The van der Waals surface area contributed by atoms with Crippen LogP contribution >= 0.6 is 0 Å². The SMILES string of the molecule is COC(=O)[C@H](Cc1ccccc1)NC(=O)CCC(=O)OCC(=O)[C@@]1(O)CC[C@@H]2[C@@H]3CCC4=CC(=O)CC[C@]4(C)[C@H]3[C@H](O)C[C@@]21C. The fourth-order valence-corrected chi connectivity index (χ4v) is 9.16. The molecule has 244 valence electrons. The number of allylic oxidation sites excluding steroid dienone is 1. The number of carbonyl (C=O) groups excluding carboxylic acids is 5. The Hall–Kier alpha value is -3.37. The summed E-state index contributed by atoms with van der Waals surface area (Å²) >= 11 is 0. The van der Waals surface area contributed by atoms with Crippen LogP contribution in [0.4, 0.5) is 0 Å². The largest absolute Gasteiger partial charge is 0.467 e. The summed E-state index contributed by atoms with van der Waals surface area (Å²) in [5.74, 6) is -2.31. The number of hydrogen-bond donors (Lipinski definition) is 3. The van der Waals surface area contributed by atoms with Gasteiger partial charge >= 0.3 is 11.9 Å². The lowest BCUT2D eigenvalue weighted by atomic mass is 9.45. The van der Waals surface area contributed by atoms with Gasteiger partial charge in [0, 0.05) is 24.7 Å². The number of rotatable bonds is 10. The van der Waals surface area contributed by atoms with Crippen LogP contribution in [0.2, 0.25) is 0 Å². The Bertz CT molecular complexity index is 1370. The highest BCUT2D eigenvalue weighted by Gasteiger charge is 2.68. The van der Waals surface area contributed by atoms with Crippen molar-refractivity contribution in [3.8, 4) is 0 Å². The molecule has 8 atom stereocenters. The average molecular weight is 624 g/mol. The maximum atomic E-state index is 13.5. The molecule has 3 fully saturated rings. The number of fused-ring (bicyclic) bond motifs is 5. The summed E-state index contributed by atoms with van der Waals surface area (Å²) in [5, 5.41) is 26.0. The molecule has 0 heterocycles. The molecule has 0 bridgehead atoms. The van der Waals surface area contributed by atoms with Gasteiger partial charge in [0.2, 0.25) is 11.7 Å². The molecule has 0 radical (unpaired) electrons. The number of Topliss-reactive ketones (excluding diaryl/α,β-unsaturated/α-hetero) is 1. The Morgan fingerprint density at radius 2 is 1.78 bits per heavy atom. The van der Waals surface area contributed by atoms with Crippen LogP contribution in [0, 0.1) is 28.6 Å². The molecule has 45 heavy (non-hydrogen) atoms. The number of aliphatic hydroxyl groups is 2.